The minimum absolute atomic E-state index is 0.0144. The number of rotatable bonds is 3. The van der Waals surface area contributed by atoms with Crippen molar-refractivity contribution in [2.45, 2.75) is 38.9 Å². The van der Waals surface area contributed by atoms with Gasteiger partial charge < -0.3 is 19.2 Å². The van der Waals surface area contributed by atoms with Crippen molar-refractivity contribution in [1.82, 2.24) is 4.90 Å². The number of halogens is 1. The molecule has 27 heavy (non-hydrogen) atoms. The van der Waals surface area contributed by atoms with Crippen molar-refractivity contribution in [2.75, 3.05) is 13.1 Å². The fourth-order valence-electron chi connectivity index (χ4n) is 4.41. The van der Waals surface area contributed by atoms with Crippen molar-refractivity contribution in [2.24, 2.45) is 11.8 Å². The Morgan fingerprint density at radius 1 is 1.22 bits per heavy atom. The predicted octanol–water partition coefficient (Wildman–Crippen LogP) is 3.84. The zero-order valence-electron chi connectivity index (χ0n) is 15.5. The maximum Gasteiger partial charge on any atom is 0.257 e. The molecule has 2 aliphatic rings. The van der Waals surface area contributed by atoms with Gasteiger partial charge in [-0.3, -0.25) is 4.79 Å². The van der Waals surface area contributed by atoms with Crippen molar-refractivity contribution in [1.29, 1.82) is 0 Å². The quantitative estimate of drug-likeness (QED) is 0.866. The van der Waals surface area contributed by atoms with Gasteiger partial charge in [0.25, 0.3) is 5.91 Å². The molecule has 0 bridgehead atoms. The van der Waals surface area contributed by atoms with E-state index >= 15 is 0 Å². The van der Waals surface area contributed by atoms with Gasteiger partial charge in [-0.25, -0.2) is 0 Å². The minimum atomic E-state index is -0.543. The van der Waals surface area contributed by atoms with Crippen LogP contribution in [0.15, 0.2) is 34.7 Å². The molecule has 1 saturated carbocycles. The number of carbonyl (C=O) groups is 1. The van der Waals surface area contributed by atoms with Gasteiger partial charge in [-0.15, -0.1) is 0 Å². The second-order valence-corrected chi connectivity index (χ2v) is 8.15. The topological polar surface area (TPSA) is 62.9 Å². The molecule has 2 heterocycles. The van der Waals surface area contributed by atoms with Crippen molar-refractivity contribution in [3.63, 3.8) is 0 Å². The predicted molar refractivity (Wildman–Crippen MR) is 102 cm³/mol. The van der Waals surface area contributed by atoms with Gasteiger partial charge in [0.1, 0.15) is 23.4 Å². The summed E-state index contributed by atoms with van der Waals surface area (Å²) in [6.07, 6.45) is 0.546. The van der Waals surface area contributed by atoms with Crippen LogP contribution in [0.3, 0.4) is 0 Å². The number of hydrogen-bond donors (Lipinski definition) is 1. The molecule has 1 amide bonds. The van der Waals surface area contributed by atoms with E-state index in [1.807, 2.05) is 30.9 Å². The minimum Gasteiger partial charge on any atom is -0.488 e. The van der Waals surface area contributed by atoms with E-state index in [1.165, 1.54) is 0 Å². The fraction of sp³-hybridized carbons (Fsp3) is 0.476. The number of hydrogen-bond acceptors (Lipinski definition) is 4. The number of furan rings is 1. The summed E-state index contributed by atoms with van der Waals surface area (Å²) in [5.74, 6) is 2.72. The van der Waals surface area contributed by atoms with Crippen LogP contribution in [0.25, 0.3) is 0 Å². The van der Waals surface area contributed by atoms with E-state index in [0.29, 0.717) is 53.4 Å². The molecular weight excluding hydrogens is 366 g/mol. The molecule has 1 aliphatic carbocycles. The lowest BCUT2D eigenvalue weighted by Gasteiger charge is -2.35. The van der Waals surface area contributed by atoms with Crippen molar-refractivity contribution < 1.29 is 19.1 Å². The molecule has 2 fully saturated rings. The highest BCUT2D eigenvalue weighted by Crippen LogP contribution is 2.39. The van der Waals surface area contributed by atoms with Crippen LogP contribution in [0.4, 0.5) is 0 Å². The van der Waals surface area contributed by atoms with E-state index < -0.39 is 6.10 Å². The summed E-state index contributed by atoms with van der Waals surface area (Å²) < 4.78 is 11.5. The highest BCUT2D eigenvalue weighted by molar-refractivity contribution is 6.30. The number of aryl methyl sites for hydroxylation is 2. The number of fused-ring (bicyclic) bond motifs is 1. The summed E-state index contributed by atoms with van der Waals surface area (Å²) in [6, 6.07) is 9.04. The average Bonchev–Trinajstić information content (AvgIpc) is 3.17. The average molecular weight is 390 g/mol. The lowest BCUT2D eigenvalue weighted by molar-refractivity contribution is -0.0231. The third kappa shape index (κ3) is 3.71. The molecule has 4 rings (SSSR count). The molecule has 4 atom stereocenters. The molecule has 1 aliphatic heterocycles. The monoisotopic (exact) mass is 389 g/mol. The molecule has 5 nitrogen and oxygen atoms in total. The van der Waals surface area contributed by atoms with Gasteiger partial charge in [0.05, 0.1) is 11.7 Å². The highest BCUT2D eigenvalue weighted by atomic mass is 35.5. The number of nitrogens with zero attached hydrogens (tertiary/aromatic N) is 1. The van der Waals surface area contributed by atoms with Gasteiger partial charge >= 0.3 is 0 Å². The molecule has 0 radical (unpaired) electrons. The second-order valence-electron chi connectivity index (χ2n) is 7.71. The standard InChI is InChI=1S/C21H24ClNO4/c1-12-6-18(13(2)26-12)21(25)23-10-14-7-19(24)20(8-15(14)11-23)27-17-5-3-4-16(22)9-17/h3-6,9,14-15,19-20,24H,7-8,10-11H2,1-2H3/t14-,15+,19+,20+/m0/s1. The molecule has 0 spiro atoms. The van der Waals surface area contributed by atoms with Crippen LogP contribution in [0.1, 0.15) is 34.7 Å². The Kier molecular flexibility index (Phi) is 4.91. The summed E-state index contributed by atoms with van der Waals surface area (Å²) in [5.41, 5.74) is 0.637. The first-order chi connectivity index (χ1) is 12.9. The summed E-state index contributed by atoms with van der Waals surface area (Å²) in [7, 11) is 0. The van der Waals surface area contributed by atoms with Crippen molar-refractivity contribution in [3.8, 4) is 5.75 Å². The lowest BCUT2D eigenvalue weighted by atomic mass is 9.78. The Bertz CT molecular complexity index is 848. The number of aliphatic hydroxyl groups is 1. The Morgan fingerprint density at radius 2 is 1.96 bits per heavy atom. The number of benzene rings is 1. The lowest BCUT2D eigenvalue weighted by Crippen LogP contribution is -2.42. The van der Waals surface area contributed by atoms with Gasteiger partial charge in [0.15, 0.2) is 0 Å². The van der Waals surface area contributed by atoms with E-state index in [1.54, 1.807) is 18.2 Å². The van der Waals surface area contributed by atoms with Crippen LogP contribution in [0.5, 0.6) is 5.75 Å². The molecule has 1 N–H and O–H groups in total. The Labute approximate surface area is 163 Å². The van der Waals surface area contributed by atoms with Gasteiger partial charge in [-0.1, -0.05) is 17.7 Å². The van der Waals surface area contributed by atoms with E-state index in [4.69, 9.17) is 20.8 Å². The normalized spacial score (nSPS) is 27.5. The van der Waals surface area contributed by atoms with Crippen LogP contribution in [-0.4, -0.2) is 41.2 Å². The molecular formula is C21H24ClNO4. The van der Waals surface area contributed by atoms with Crippen molar-refractivity contribution >= 4 is 17.5 Å². The summed E-state index contributed by atoms with van der Waals surface area (Å²) in [5, 5.41) is 11.2. The maximum absolute atomic E-state index is 12.9. The van der Waals surface area contributed by atoms with E-state index in [-0.39, 0.29) is 12.0 Å². The van der Waals surface area contributed by atoms with Crippen LogP contribution in [0.2, 0.25) is 5.02 Å². The molecule has 2 aromatic rings. The van der Waals surface area contributed by atoms with Gasteiger partial charge in [0, 0.05) is 18.1 Å². The molecule has 1 saturated heterocycles. The van der Waals surface area contributed by atoms with Gasteiger partial charge in [-0.05, 0) is 62.8 Å². The van der Waals surface area contributed by atoms with Crippen molar-refractivity contribution in [3.05, 3.63) is 52.4 Å². The number of aliphatic hydroxyl groups excluding tert-OH is 1. The fourth-order valence-corrected chi connectivity index (χ4v) is 4.59. The third-order valence-electron chi connectivity index (χ3n) is 5.73. The first-order valence-corrected chi connectivity index (χ1v) is 9.75. The van der Waals surface area contributed by atoms with E-state index in [0.717, 1.165) is 12.2 Å². The first-order valence-electron chi connectivity index (χ1n) is 9.37. The Hall–Kier alpha value is -1.98. The Balaban J connectivity index is 1.44. The van der Waals surface area contributed by atoms with Crippen LogP contribution >= 0.6 is 11.6 Å². The molecule has 6 heteroatoms. The first kappa shape index (κ1) is 18.4. The summed E-state index contributed by atoms with van der Waals surface area (Å²) >= 11 is 6.02. The number of carbonyl (C=O) groups excluding carboxylic acids is 1. The summed E-state index contributed by atoms with van der Waals surface area (Å²) in [6.45, 7) is 5.03. The smallest absolute Gasteiger partial charge is 0.257 e. The third-order valence-corrected chi connectivity index (χ3v) is 5.96. The SMILES string of the molecule is Cc1cc(C(=O)N2C[C@H]3C[C@@H](Oc4cccc(Cl)c4)[C@H](O)C[C@H]3C2)c(C)o1. The van der Waals surface area contributed by atoms with Crippen LogP contribution < -0.4 is 4.74 Å². The Morgan fingerprint density at radius 3 is 2.63 bits per heavy atom. The largest absolute Gasteiger partial charge is 0.488 e. The number of likely N-dealkylation sites (tertiary alicyclic amines) is 1. The second kappa shape index (κ2) is 7.21. The zero-order valence-corrected chi connectivity index (χ0v) is 16.3. The number of ether oxygens (including phenoxy) is 1. The molecule has 1 aromatic carbocycles. The summed E-state index contributed by atoms with van der Waals surface area (Å²) in [4.78, 5) is 14.8. The number of amides is 1. The van der Waals surface area contributed by atoms with Crippen LogP contribution in [0, 0.1) is 25.7 Å². The maximum atomic E-state index is 12.9. The highest BCUT2D eigenvalue weighted by Gasteiger charge is 2.44. The van der Waals surface area contributed by atoms with Gasteiger partial charge in [-0.2, -0.15) is 0 Å². The molecule has 0 unspecified atom stereocenters. The zero-order chi connectivity index (χ0) is 19.1. The molecule has 1 aromatic heterocycles. The molecule has 144 valence electrons. The van der Waals surface area contributed by atoms with Gasteiger partial charge in [0.2, 0.25) is 0 Å². The van der Waals surface area contributed by atoms with Crippen LogP contribution in [-0.2, 0) is 0 Å². The van der Waals surface area contributed by atoms with E-state index in [9.17, 15) is 9.90 Å². The van der Waals surface area contributed by atoms with E-state index in [2.05, 4.69) is 0 Å².